The lowest BCUT2D eigenvalue weighted by Crippen LogP contribution is -2.29. The first-order chi connectivity index (χ1) is 9.35. The van der Waals surface area contributed by atoms with Crippen molar-refractivity contribution in [2.45, 2.75) is 6.32 Å². The molecule has 0 fully saturated rings. The average molecular weight is 249 g/mol. The molecule has 96 valence electrons. The molecule has 0 aliphatic carbocycles. The highest BCUT2D eigenvalue weighted by Gasteiger charge is 2.13. The fraction of sp³-hybridized carbons (Fsp3) is 0.176. The molecule has 19 heavy (non-hydrogen) atoms. The van der Waals surface area contributed by atoms with Gasteiger partial charge in [-0.05, 0) is 18.5 Å². The first-order valence-corrected chi connectivity index (χ1v) is 6.75. The van der Waals surface area contributed by atoms with E-state index < -0.39 is 0 Å². The molecule has 2 rings (SSSR count). The minimum absolute atomic E-state index is 0.520. The van der Waals surface area contributed by atoms with Gasteiger partial charge in [0, 0.05) is 18.8 Å². The van der Waals surface area contributed by atoms with Gasteiger partial charge in [-0.25, -0.2) is 0 Å². The van der Waals surface area contributed by atoms with E-state index in [0.717, 1.165) is 19.4 Å². The molecule has 1 aromatic rings. The van der Waals surface area contributed by atoms with E-state index in [-0.39, 0.29) is 0 Å². The molecule has 0 bridgehead atoms. The summed E-state index contributed by atoms with van der Waals surface area (Å²) in [4.78, 5) is 2.25. The molecule has 0 saturated carbocycles. The lowest BCUT2D eigenvalue weighted by molar-refractivity contribution is 0.957. The largest absolute Gasteiger partial charge is 0.364 e. The molecule has 0 N–H and O–H groups in total. The van der Waals surface area contributed by atoms with Gasteiger partial charge in [0.05, 0.1) is 0 Å². The standard InChI is InChI=1S/C17H20BN/c1-3-14-19(15-4-2)17-10-8-16(9-11-17)18-12-6-5-7-13-18/h3-12H,1-2,13-15H2. The Hall–Kier alpha value is -1.96. The summed E-state index contributed by atoms with van der Waals surface area (Å²) in [5.74, 6) is 2.26. The summed E-state index contributed by atoms with van der Waals surface area (Å²) in [7, 11) is 0. The normalized spacial score (nSPS) is 13.4. The van der Waals surface area contributed by atoms with Crippen LogP contribution in [0.5, 0.6) is 0 Å². The van der Waals surface area contributed by atoms with Gasteiger partial charge in [-0.1, -0.05) is 48.0 Å². The van der Waals surface area contributed by atoms with E-state index in [0.29, 0.717) is 6.71 Å². The van der Waals surface area contributed by atoms with E-state index >= 15 is 0 Å². The van der Waals surface area contributed by atoms with Gasteiger partial charge in [-0.3, -0.25) is 0 Å². The third kappa shape index (κ3) is 3.51. The van der Waals surface area contributed by atoms with Crippen molar-refractivity contribution in [3.8, 4) is 0 Å². The lowest BCUT2D eigenvalue weighted by atomic mass is 9.42. The molecule has 2 heteroatoms. The molecule has 0 atom stereocenters. The first kappa shape index (κ1) is 13.5. The molecule has 0 saturated heterocycles. The number of hydrogen-bond acceptors (Lipinski definition) is 1. The molecular weight excluding hydrogens is 229 g/mol. The zero-order valence-corrected chi connectivity index (χ0v) is 11.3. The number of hydrogen-bond donors (Lipinski definition) is 0. The summed E-state index contributed by atoms with van der Waals surface area (Å²) < 4.78 is 0. The monoisotopic (exact) mass is 249 g/mol. The second kappa shape index (κ2) is 6.84. The van der Waals surface area contributed by atoms with Crippen LogP contribution in [0.2, 0.25) is 6.32 Å². The quantitative estimate of drug-likeness (QED) is 0.552. The van der Waals surface area contributed by atoms with Crippen molar-refractivity contribution in [2.24, 2.45) is 0 Å². The maximum Gasteiger partial charge on any atom is 0.204 e. The second-order valence-electron chi connectivity index (χ2n) is 4.73. The van der Waals surface area contributed by atoms with Crippen molar-refractivity contribution in [1.82, 2.24) is 0 Å². The van der Waals surface area contributed by atoms with Gasteiger partial charge in [-0.2, -0.15) is 0 Å². The van der Waals surface area contributed by atoms with Gasteiger partial charge in [0.2, 0.25) is 6.71 Å². The van der Waals surface area contributed by atoms with E-state index in [1.165, 1.54) is 11.2 Å². The molecule has 0 spiro atoms. The van der Waals surface area contributed by atoms with Gasteiger partial charge in [0.15, 0.2) is 0 Å². The van der Waals surface area contributed by atoms with Crippen molar-refractivity contribution in [2.75, 3.05) is 18.0 Å². The minimum atomic E-state index is 0.520. The Morgan fingerprint density at radius 3 is 2.26 bits per heavy atom. The van der Waals surface area contributed by atoms with Crippen LogP contribution in [0.1, 0.15) is 0 Å². The Labute approximate surface area is 116 Å². The molecule has 1 heterocycles. The van der Waals surface area contributed by atoms with E-state index in [1.54, 1.807) is 0 Å². The predicted octanol–water partition coefficient (Wildman–Crippen LogP) is 3.23. The maximum absolute atomic E-state index is 3.81. The van der Waals surface area contributed by atoms with Crippen LogP contribution < -0.4 is 10.4 Å². The van der Waals surface area contributed by atoms with Gasteiger partial charge in [-0.15, -0.1) is 19.1 Å². The van der Waals surface area contributed by atoms with Crippen LogP contribution in [0.25, 0.3) is 0 Å². The SMILES string of the molecule is C=CCN(CC=C)c1ccc(B2C=CC=CC2)cc1. The van der Waals surface area contributed by atoms with Gasteiger partial charge in [0.1, 0.15) is 0 Å². The van der Waals surface area contributed by atoms with Crippen LogP contribution >= 0.6 is 0 Å². The van der Waals surface area contributed by atoms with Crippen molar-refractivity contribution < 1.29 is 0 Å². The summed E-state index contributed by atoms with van der Waals surface area (Å²) in [5, 5.41) is 0. The van der Waals surface area contributed by atoms with Crippen LogP contribution in [0.3, 0.4) is 0 Å². The molecule has 1 aromatic carbocycles. The smallest absolute Gasteiger partial charge is 0.204 e. The maximum atomic E-state index is 3.81. The second-order valence-corrected chi connectivity index (χ2v) is 4.73. The zero-order chi connectivity index (χ0) is 13.5. The fourth-order valence-electron chi connectivity index (χ4n) is 2.36. The number of anilines is 1. The summed E-state index contributed by atoms with van der Waals surface area (Å²) in [5.41, 5.74) is 2.60. The Morgan fingerprint density at radius 2 is 1.74 bits per heavy atom. The highest BCUT2D eigenvalue weighted by Crippen LogP contribution is 2.13. The molecule has 0 unspecified atom stereocenters. The molecule has 1 aliphatic heterocycles. The van der Waals surface area contributed by atoms with Crippen molar-refractivity contribution in [3.05, 3.63) is 73.8 Å². The first-order valence-electron chi connectivity index (χ1n) is 6.75. The highest BCUT2D eigenvalue weighted by molar-refractivity contribution is 6.78. The van der Waals surface area contributed by atoms with Crippen LogP contribution in [0.4, 0.5) is 5.69 Å². The number of rotatable bonds is 6. The Kier molecular flexibility index (Phi) is 4.85. The summed E-state index contributed by atoms with van der Waals surface area (Å²) in [6.45, 7) is 9.82. The average Bonchev–Trinajstić information content (AvgIpc) is 2.48. The summed E-state index contributed by atoms with van der Waals surface area (Å²) in [6.07, 6.45) is 11.4. The highest BCUT2D eigenvalue weighted by atomic mass is 15.1. The zero-order valence-electron chi connectivity index (χ0n) is 11.3. The molecule has 0 amide bonds. The predicted molar refractivity (Wildman–Crippen MR) is 87.5 cm³/mol. The van der Waals surface area contributed by atoms with Crippen molar-refractivity contribution in [3.63, 3.8) is 0 Å². The molecule has 0 radical (unpaired) electrons. The van der Waals surface area contributed by atoms with Crippen LogP contribution in [-0.4, -0.2) is 19.8 Å². The Bertz CT molecular complexity index is 474. The molecule has 0 aromatic heterocycles. The Balaban J connectivity index is 2.12. The minimum Gasteiger partial charge on any atom is -0.364 e. The van der Waals surface area contributed by atoms with E-state index in [2.05, 4.69) is 66.5 Å². The third-order valence-corrected chi connectivity index (χ3v) is 3.37. The van der Waals surface area contributed by atoms with E-state index in [1.807, 2.05) is 12.2 Å². The third-order valence-electron chi connectivity index (χ3n) is 3.37. The van der Waals surface area contributed by atoms with Crippen LogP contribution in [0, 0.1) is 0 Å². The van der Waals surface area contributed by atoms with Gasteiger partial charge < -0.3 is 4.90 Å². The van der Waals surface area contributed by atoms with Gasteiger partial charge >= 0.3 is 0 Å². The Morgan fingerprint density at radius 1 is 1.05 bits per heavy atom. The number of nitrogens with zero attached hydrogens (tertiary/aromatic N) is 1. The molecule has 1 nitrogen and oxygen atoms in total. The number of benzene rings is 1. The fourth-order valence-corrected chi connectivity index (χ4v) is 2.36. The van der Waals surface area contributed by atoms with Gasteiger partial charge in [0.25, 0.3) is 0 Å². The summed E-state index contributed by atoms with van der Waals surface area (Å²) in [6, 6.07) is 8.83. The van der Waals surface area contributed by atoms with Crippen molar-refractivity contribution in [1.29, 1.82) is 0 Å². The van der Waals surface area contributed by atoms with Crippen molar-refractivity contribution >= 4 is 17.9 Å². The van der Waals surface area contributed by atoms with E-state index in [4.69, 9.17) is 0 Å². The topological polar surface area (TPSA) is 3.24 Å². The van der Waals surface area contributed by atoms with Crippen LogP contribution in [-0.2, 0) is 0 Å². The summed E-state index contributed by atoms with van der Waals surface area (Å²) >= 11 is 0. The molecular formula is C17H20BN. The van der Waals surface area contributed by atoms with E-state index in [9.17, 15) is 0 Å². The molecule has 1 aliphatic rings. The van der Waals surface area contributed by atoms with Crippen LogP contribution in [0.15, 0.2) is 73.8 Å². The number of allylic oxidation sites excluding steroid dienone is 3. The lowest BCUT2D eigenvalue weighted by Gasteiger charge is -2.22.